The molecule has 0 bridgehead atoms. The monoisotopic (exact) mass is 628 g/mol. The van der Waals surface area contributed by atoms with Gasteiger partial charge in [-0.15, -0.1) is 0 Å². The fourth-order valence-corrected chi connectivity index (χ4v) is 7.29. The molecule has 4 rings (SSSR count). The number of nitrogens with zero attached hydrogens (tertiary/aromatic N) is 2. The summed E-state index contributed by atoms with van der Waals surface area (Å²) >= 11 is 0. The molecule has 12 nitrogen and oxygen atoms in total. The Bertz CT molecular complexity index is 1440. The molecule has 2 aromatic rings. The Hall–Kier alpha value is -3.71. The van der Waals surface area contributed by atoms with Gasteiger partial charge in [0.05, 0.1) is 17.9 Å². The number of likely N-dealkylation sites (tertiary alicyclic amines) is 1. The van der Waals surface area contributed by atoms with Crippen LogP contribution in [0.15, 0.2) is 47.4 Å². The highest BCUT2D eigenvalue weighted by Gasteiger charge is 2.36. The highest BCUT2D eigenvalue weighted by molar-refractivity contribution is 7.89. The van der Waals surface area contributed by atoms with Crippen LogP contribution in [0, 0.1) is 11.3 Å². The maximum Gasteiger partial charge on any atom is 0.325 e. The van der Waals surface area contributed by atoms with Gasteiger partial charge in [0.1, 0.15) is 12.6 Å². The molecule has 2 atom stereocenters. The van der Waals surface area contributed by atoms with Gasteiger partial charge in [0, 0.05) is 25.7 Å². The normalized spacial score (nSPS) is 18.4. The lowest BCUT2D eigenvalue weighted by molar-refractivity contribution is -0.151. The zero-order valence-corrected chi connectivity index (χ0v) is 26.1. The van der Waals surface area contributed by atoms with Crippen LogP contribution in [0.4, 0.5) is 0 Å². The van der Waals surface area contributed by atoms with Crippen molar-refractivity contribution in [2.45, 2.75) is 75.3 Å². The van der Waals surface area contributed by atoms with Crippen molar-refractivity contribution in [2.24, 2.45) is 11.7 Å². The number of carbonyl (C=O) groups excluding carboxylic acids is 3. The minimum Gasteiger partial charge on any atom is -0.465 e. The van der Waals surface area contributed by atoms with Crippen LogP contribution in [-0.2, 0) is 29.1 Å². The molecule has 44 heavy (non-hydrogen) atoms. The molecule has 13 heteroatoms. The van der Waals surface area contributed by atoms with Crippen molar-refractivity contribution in [2.75, 3.05) is 32.8 Å². The Morgan fingerprint density at radius 2 is 1.80 bits per heavy atom. The number of esters is 1. The van der Waals surface area contributed by atoms with Gasteiger partial charge in [-0.3, -0.25) is 19.8 Å². The maximum absolute atomic E-state index is 14.1. The van der Waals surface area contributed by atoms with Crippen molar-refractivity contribution in [3.05, 3.63) is 42.5 Å². The van der Waals surface area contributed by atoms with Crippen molar-refractivity contribution in [3.8, 4) is 0 Å². The first-order valence-corrected chi connectivity index (χ1v) is 16.9. The van der Waals surface area contributed by atoms with Gasteiger partial charge in [0.15, 0.2) is 5.96 Å². The van der Waals surface area contributed by atoms with Gasteiger partial charge < -0.3 is 25.6 Å². The van der Waals surface area contributed by atoms with Gasteiger partial charge in [-0.25, -0.2) is 8.42 Å². The minimum absolute atomic E-state index is 0.0146. The van der Waals surface area contributed by atoms with Crippen LogP contribution in [0.2, 0.25) is 0 Å². The second-order valence-electron chi connectivity index (χ2n) is 11.6. The molecule has 2 fully saturated rings. The van der Waals surface area contributed by atoms with Crippen molar-refractivity contribution >= 4 is 44.5 Å². The Morgan fingerprint density at radius 1 is 1.07 bits per heavy atom. The molecular weight excluding hydrogens is 584 g/mol. The predicted molar refractivity (Wildman–Crippen MR) is 167 cm³/mol. The van der Waals surface area contributed by atoms with Crippen molar-refractivity contribution in [1.29, 1.82) is 5.41 Å². The number of nitrogens with one attached hydrogen (secondary N) is 3. The van der Waals surface area contributed by atoms with Crippen LogP contribution in [0.5, 0.6) is 0 Å². The van der Waals surface area contributed by atoms with Gasteiger partial charge >= 0.3 is 5.97 Å². The van der Waals surface area contributed by atoms with E-state index in [1.165, 1.54) is 17.0 Å². The standard InChI is InChI=1S/C31H44N6O6S/c1-2-43-29(39)21-37(25-12-4-3-5-13-25)30(40)27(18-28(38)34-19-22-9-8-16-36(20-22)31(32)33)35-44(41,42)26-15-14-23-10-6-7-11-24(23)17-26/h6-7,10-11,14-15,17,22,25,27,35H,2-5,8-9,12-13,16,18-21H2,1H3,(H3,32,33)(H,34,38)/t22-,27-/m0/s1. The molecule has 0 spiro atoms. The minimum atomic E-state index is -4.23. The fraction of sp³-hybridized carbons (Fsp3) is 0.548. The third-order valence-corrected chi connectivity index (χ3v) is 9.84. The lowest BCUT2D eigenvalue weighted by atomic mass is 9.93. The number of guanidine groups is 1. The van der Waals surface area contributed by atoms with Crippen molar-refractivity contribution in [1.82, 2.24) is 19.8 Å². The topological polar surface area (TPSA) is 175 Å². The maximum atomic E-state index is 14.1. The molecule has 0 radical (unpaired) electrons. The molecule has 1 aliphatic heterocycles. The number of hydrogen-bond acceptors (Lipinski definition) is 7. The van der Waals surface area contributed by atoms with E-state index in [4.69, 9.17) is 15.9 Å². The SMILES string of the molecule is CCOC(=O)CN(C(=O)[C@H](CC(=O)NC[C@@H]1CCCN(C(=N)N)C1)NS(=O)(=O)c1ccc2ccccc2c1)C1CCCCC1. The van der Waals surface area contributed by atoms with Gasteiger partial charge in [-0.1, -0.05) is 49.6 Å². The van der Waals surface area contributed by atoms with Crippen LogP contribution in [0.25, 0.3) is 10.8 Å². The summed E-state index contributed by atoms with van der Waals surface area (Å²) in [6, 6.07) is 10.3. The number of ether oxygens (including phenoxy) is 1. The average Bonchev–Trinajstić information content (AvgIpc) is 3.02. The van der Waals surface area contributed by atoms with E-state index < -0.39 is 40.3 Å². The number of benzene rings is 2. The second-order valence-corrected chi connectivity index (χ2v) is 13.3. The highest BCUT2D eigenvalue weighted by atomic mass is 32.2. The van der Waals surface area contributed by atoms with E-state index in [0.717, 1.165) is 37.5 Å². The lowest BCUT2D eigenvalue weighted by Crippen LogP contribution is -2.55. The van der Waals surface area contributed by atoms with Gasteiger partial charge in [-0.2, -0.15) is 4.72 Å². The summed E-state index contributed by atoms with van der Waals surface area (Å²) in [4.78, 5) is 43.1. The summed E-state index contributed by atoms with van der Waals surface area (Å²) in [5, 5.41) is 12.1. The van der Waals surface area contributed by atoms with Gasteiger partial charge in [-0.05, 0) is 61.4 Å². The molecule has 2 amide bonds. The third kappa shape index (κ3) is 8.91. The molecule has 1 heterocycles. The van der Waals surface area contributed by atoms with E-state index in [-0.39, 0.29) is 36.0 Å². The van der Waals surface area contributed by atoms with E-state index in [2.05, 4.69) is 10.0 Å². The zero-order chi connectivity index (χ0) is 31.7. The number of piperidine rings is 1. The molecule has 0 aromatic heterocycles. The summed E-state index contributed by atoms with van der Waals surface area (Å²) in [5.74, 6) is -1.67. The summed E-state index contributed by atoms with van der Waals surface area (Å²) in [6.45, 7) is 3.02. The van der Waals surface area contributed by atoms with E-state index in [0.29, 0.717) is 37.9 Å². The molecule has 0 unspecified atom stereocenters. The highest BCUT2D eigenvalue weighted by Crippen LogP contribution is 2.25. The van der Waals surface area contributed by atoms with E-state index in [1.807, 2.05) is 18.2 Å². The molecule has 240 valence electrons. The Labute approximate surface area is 259 Å². The summed E-state index contributed by atoms with van der Waals surface area (Å²) in [7, 11) is -4.23. The molecule has 1 saturated carbocycles. The predicted octanol–water partition coefficient (Wildman–Crippen LogP) is 2.32. The van der Waals surface area contributed by atoms with Gasteiger partial charge in [0.2, 0.25) is 21.8 Å². The first-order chi connectivity index (χ1) is 21.1. The third-order valence-electron chi connectivity index (χ3n) is 8.37. The number of sulfonamides is 1. The van der Waals surface area contributed by atoms with Crippen LogP contribution in [0.3, 0.4) is 0 Å². The Kier molecular flexibility index (Phi) is 11.6. The fourth-order valence-electron chi connectivity index (χ4n) is 6.06. The molecule has 2 aliphatic rings. The summed E-state index contributed by atoms with van der Waals surface area (Å²) in [6.07, 6.45) is 5.36. The molecule has 1 saturated heterocycles. The molecule has 2 aromatic carbocycles. The lowest BCUT2D eigenvalue weighted by Gasteiger charge is -2.36. The molecular formula is C31H44N6O6S. The van der Waals surface area contributed by atoms with Crippen LogP contribution in [-0.4, -0.2) is 86.8 Å². The Balaban J connectivity index is 1.56. The second kappa shape index (κ2) is 15.3. The first-order valence-electron chi connectivity index (χ1n) is 15.4. The molecule has 1 aliphatic carbocycles. The van der Waals surface area contributed by atoms with Gasteiger partial charge in [0.25, 0.3) is 0 Å². The number of rotatable bonds is 12. The van der Waals surface area contributed by atoms with E-state index in [1.54, 1.807) is 24.0 Å². The Morgan fingerprint density at radius 3 is 2.50 bits per heavy atom. The number of carbonyl (C=O) groups is 3. The number of fused-ring (bicyclic) bond motifs is 1. The van der Waals surface area contributed by atoms with E-state index >= 15 is 0 Å². The van der Waals surface area contributed by atoms with Crippen molar-refractivity contribution < 1.29 is 27.5 Å². The quantitative estimate of drug-likeness (QED) is 0.157. The van der Waals surface area contributed by atoms with Crippen LogP contribution >= 0.6 is 0 Å². The number of hydrogen-bond donors (Lipinski definition) is 4. The zero-order valence-electron chi connectivity index (χ0n) is 25.3. The van der Waals surface area contributed by atoms with Crippen LogP contribution < -0.4 is 15.8 Å². The average molecular weight is 629 g/mol. The van der Waals surface area contributed by atoms with Crippen LogP contribution in [0.1, 0.15) is 58.3 Å². The smallest absolute Gasteiger partial charge is 0.325 e. The summed E-state index contributed by atoms with van der Waals surface area (Å²) < 4.78 is 35.0. The van der Waals surface area contributed by atoms with E-state index in [9.17, 15) is 22.8 Å². The number of amides is 2. The number of nitrogens with two attached hydrogens (primary N) is 1. The van der Waals surface area contributed by atoms with Crippen molar-refractivity contribution in [3.63, 3.8) is 0 Å². The molecule has 5 N–H and O–H groups in total. The largest absolute Gasteiger partial charge is 0.465 e. The first kappa shape index (κ1) is 33.2. The summed E-state index contributed by atoms with van der Waals surface area (Å²) in [5.41, 5.74) is 5.65.